The molecule has 0 fully saturated rings. The van der Waals surface area contributed by atoms with Crippen molar-refractivity contribution in [3.8, 4) is 0 Å². The maximum absolute atomic E-state index is 13.6. The Labute approximate surface area is 111 Å². The average Bonchev–Trinajstić information content (AvgIpc) is 2.85. The summed E-state index contributed by atoms with van der Waals surface area (Å²) in [5.74, 6) is 0.552. The van der Waals surface area contributed by atoms with Gasteiger partial charge in [-0.05, 0) is 6.07 Å². The van der Waals surface area contributed by atoms with E-state index in [4.69, 9.17) is 4.74 Å². The van der Waals surface area contributed by atoms with Gasteiger partial charge >= 0.3 is 0 Å². The highest BCUT2D eigenvalue weighted by Crippen LogP contribution is 2.08. The van der Waals surface area contributed by atoms with Crippen molar-refractivity contribution in [2.24, 2.45) is 0 Å². The molecule has 2 aromatic rings. The van der Waals surface area contributed by atoms with Crippen molar-refractivity contribution in [2.45, 2.75) is 13.1 Å². The number of nitrogens with one attached hydrogen (secondary N) is 1. The van der Waals surface area contributed by atoms with Crippen LogP contribution in [0.25, 0.3) is 0 Å². The number of aromatic nitrogens is 3. The van der Waals surface area contributed by atoms with E-state index in [-0.39, 0.29) is 5.82 Å². The molecule has 1 N–H and O–H groups in total. The summed E-state index contributed by atoms with van der Waals surface area (Å²) >= 11 is 0. The van der Waals surface area contributed by atoms with Crippen molar-refractivity contribution in [2.75, 3.05) is 20.3 Å². The van der Waals surface area contributed by atoms with Gasteiger partial charge in [-0.3, -0.25) is 0 Å². The summed E-state index contributed by atoms with van der Waals surface area (Å²) < 4.78 is 20.2. The third kappa shape index (κ3) is 3.84. The molecule has 1 heterocycles. The van der Waals surface area contributed by atoms with Crippen LogP contribution in [0, 0.1) is 5.82 Å². The third-order valence-electron chi connectivity index (χ3n) is 2.74. The Morgan fingerprint density at radius 3 is 3.00 bits per heavy atom. The van der Waals surface area contributed by atoms with E-state index in [2.05, 4.69) is 15.4 Å². The highest BCUT2D eigenvalue weighted by molar-refractivity contribution is 5.17. The molecule has 0 bridgehead atoms. The van der Waals surface area contributed by atoms with Crippen LogP contribution in [0.2, 0.25) is 0 Å². The van der Waals surface area contributed by atoms with E-state index in [1.807, 2.05) is 6.07 Å². The van der Waals surface area contributed by atoms with E-state index in [0.717, 1.165) is 12.4 Å². The molecule has 0 atom stereocenters. The predicted octanol–water partition coefficient (Wildman–Crippen LogP) is 1.20. The lowest BCUT2D eigenvalue weighted by Gasteiger charge is -2.08. The Morgan fingerprint density at radius 1 is 1.37 bits per heavy atom. The van der Waals surface area contributed by atoms with Gasteiger partial charge in [0, 0.05) is 19.2 Å². The maximum Gasteiger partial charge on any atom is 0.141 e. The number of rotatable bonds is 7. The van der Waals surface area contributed by atoms with Crippen LogP contribution >= 0.6 is 0 Å². The number of methoxy groups -OCH3 is 1. The molecular weight excluding hydrogens is 247 g/mol. The normalized spacial score (nSPS) is 10.8. The van der Waals surface area contributed by atoms with Crippen LogP contribution in [-0.4, -0.2) is 35.0 Å². The number of hydrogen-bond acceptors (Lipinski definition) is 4. The van der Waals surface area contributed by atoms with E-state index in [1.165, 1.54) is 12.4 Å². The number of hydrogen-bond donors (Lipinski definition) is 1. The predicted molar refractivity (Wildman–Crippen MR) is 69.1 cm³/mol. The molecule has 0 unspecified atom stereocenters. The van der Waals surface area contributed by atoms with Crippen molar-refractivity contribution >= 4 is 0 Å². The highest BCUT2D eigenvalue weighted by atomic mass is 19.1. The van der Waals surface area contributed by atoms with Crippen LogP contribution in [-0.2, 0) is 17.8 Å². The van der Waals surface area contributed by atoms with E-state index < -0.39 is 0 Å². The summed E-state index contributed by atoms with van der Waals surface area (Å²) in [6, 6.07) is 6.68. The van der Waals surface area contributed by atoms with Gasteiger partial charge in [-0.15, -0.1) is 0 Å². The zero-order valence-corrected chi connectivity index (χ0v) is 10.8. The number of ether oxygens (including phenoxy) is 1. The van der Waals surface area contributed by atoms with Gasteiger partial charge < -0.3 is 10.1 Å². The van der Waals surface area contributed by atoms with Gasteiger partial charge in [0.15, 0.2) is 0 Å². The fraction of sp³-hybridized carbons (Fsp3) is 0.385. The molecule has 0 radical (unpaired) electrons. The Balaban J connectivity index is 1.98. The van der Waals surface area contributed by atoms with Crippen LogP contribution in [0.1, 0.15) is 11.4 Å². The monoisotopic (exact) mass is 264 g/mol. The van der Waals surface area contributed by atoms with Crippen molar-refractivity contribution in [3.05, 3.63) is 47.8 Å². The van der Waals surface area contributed by atoms with E-state index in [0.29, 0.717) is 25.3 Å². The first kappa shape index (κ1) is 13.6. The minimum atomic E-state index is -0.226. The van der Waals surface area contributed by atoms with Gasteiger partial charge in [-0.1, -0.05) is 18.2 Å². The summed E-state index contributed by atoms with van der Waals surface area (Å²) in [4.78, 5) is 4.17. The lowest BCUT2D eigenvalue weighted by Crippen LogP contribution is -2.21. The summed E-state index contributed by atoms with van der Waals surface area (Å²) in [5.41, 5.74) is 0.603. The number of halogens is 1. The quantitative estimate of drug-likeness (QED) is 0.764. The molecule has 0 aliphatic rings. The van der Waals surface area contributed by atoms with Gasteiger partial charge in [-0.25, -0.2) is 14.1 Å². The smallest absolute Gasteiger partial charge is 0.141 e. The summed E-state index contributed by atoms with van der Waals surface area (Å²) in [5, 5.41) is 7.31. The molecule has 0 saturated carbocycles. The molecule has 2 rings (SSSR count). The molecule has 6 heteroatoms. The number of benzene rings is 1. The fourth-order valence-corrected chi connectivity index (χ4v) is 1.72. The second kappa shape index (κ2) is 6.96. The SMILES string of the molecule is COCCNCc1ncnn1Cc1ccccc1F. The highest BCUT2D eigenvalue weighted by Gasteiger charge is 2.07. The molecule has 19 heavy (non-hydrogen) atoms. The minimum Gasteiger partial charge on any atom is -0.383 e. The van der Waals surface area contributed by atoms with Crippen molar-refractivity contribution in [3.63, 3.8) is 0 Å². The standard InChI is InChI=1S/C13H17FN4O/c1-19-7-6-15-8-13-16-10-17-18(13)9-11-4-2-3-5-12(11)14/h2-5,10,15H,6-9H2,1H3. The van der Waals surface area contributed by atoms with Crippen LogP contribution in [0.15, 0.2) is 30.6 Å². The average molecular weight is 264 g/mol. The van der Waals surface area contributed by atoms with E-state index in [1.54, 1.807) is 23.9 Å². The van der Waals surface area contributed by atoms with E-state index in [9.17, 15) is 4.39 Å². The maximum atomic E-state index is 13.6. The summed E-state index contributed by atoms with van der Waals surface area (Å²) in [6.07, 6.45) is 1.48. The molecule has 0 amide bonds. The largest absolute Gasteiger partial charge is 0.383 e. The lowest BCUT2D eigenvalue weighted by molar-refractivity contribution is 0.198. The van der Waals surface area contributed by atoms with Crippen molar-refractivity contribution in [1.82, 2.24) is 20.1 Å². The number of nitrogens with zero attached hydrogens (tertiary/aromatic N) is 3. The summed E-state index contributed by atoms with van der Waals surface area (Å²) in [6.45, 7) is 2.34. The van der Waals surface area contributed by atoms with E-state index >= 15 is 0 Å². The van der Waals surface area contributed by atoms with Crippen LogP contribution in [0.4, 0.5) is 4.39 Å². The van der Waals surface area contributed by atoms with Crippen LogP contribution < -0.4 is 5.32 Å². The van der Waals surface area contributed by atoms with Crippen LogP contribution in [0.3, 0.4) is 0 Å². The molecule has 0 aliphatic carbocycles. The Hall–Kier alpha value is -1.79. The first-order valence-electron chi connectivity index (χ1n) is 6.11. The van der Waals surface area contributed by atoms with Gasteiger partial charge in [-0.2, -0.15) is 5.10 Å². The molecule has 0 saturated heterocycles. The molecule has 1 aromatic heterocycles. The van der Waals surface area contributed by atoms with Crippen molar-refractivity contribution in [1.29, 1.82) is 0 Å². The zero-order valence-electron chi connectivity index (χ0n) is 10.8. The first-order chi connectivity index (χ1) is 9.31. The Bertz CT molecular complexity index is 515. The minimum absolute atomic E-state index is 0.226. The molecule has 102 valence electrons. The second-order valence-corrected chi connectivity index (χ2v) is 4.09. The molecule has 1 aromatic carbocycles. The van der Waals surface area contributed by atoms with Gasteiger partial charge in [0.25, 0.3) is 0 Å². The second-order valence-electron chi connectivity index (χ2n) is 4.09. The lowest BCUT2D eigenvalue weighted by atomic mass is 10.2. The topological polar surface area (TPSA) is 52.0 Å². The molecule has 5 nitrogen and oxygen atoms in total. The van der Waals surface area contributed by atoms with Crippen molar-refractivity contribution < 1.29 is 9.13 Å². The first-order valence-corrected chi connectivity index (χ1v) is 6.11. The summed E-state index contributed by atoms with van der Waals surface area (Å²) in [7, 11) is 1.66. The Kier molecular flexibility index (Phi) is 5.00. The third-order valence-corrected chi connectivity index (χ3v) is 2.74. The van der Waals surface area contributed by atoms with Gasteiger partial charge in [0.1, 0.15) is 18.0 Å². The van der Waals surface area contributed by atoms with Gasteiger partial charge in [0.05, 0.1) is 19.7 Å². The molecule has 0 spiro atoms. The fourth-order valence-electron chi connectivity index (χ4n) is 1.72. The van der Waals surface area contributed by atoms with Gasteiger partial charge in [0.2, 0.25) is 0 Å². The van der Waals surface area contributed by atoms with Crippen LogP contribution in [0.5, 0.6) is 0 Å². The molecular formula is C13H17FN4O. The zero-order chi connectivity index (χ0) is 13.5. The molecule has 0 aliphatic heterocycles. The Morgan fingerprint density at radius 2 is 2.21 bits per heavy atom.